The molecule has 0 saturated heterocycles. The van der Waals surface area contributed by atoms with Crippen molar-refractivity contribution in [3.05, 3.63) is 42.5 Å². The van der Waals surface area contributed by atoms with Gasteiger partial charge in [-0.15, -0.1) is 0 Å². The fraction of sp³-hybridized carbons (Fsp3) is 0.467. The molecule has 0 spiro atoms. The van der Waals surface area contributed by atoms with E-state index in [1.165, 1.54) is 0 Å². The van der Waals surface area contributed by atoms with E-state index in [0.717, 1.165) is 12.8 Å². The molecule has 106 valence electrons. The molecule has 0 amide bonds. The second-order valence-corrected chi connectivity index (χ2v) is 8.09. The average molecular weight is 290 g/mol. The predicted molar refractivity (Wildman–Crippen MR) is 77.2 cm³/mol. The molecule has 0 radical (unpaired) electrons. The van der Waals surface area contributed by atoms with Crippen molar-refractivity contribution < 1.29 is 8.42 Å². The minimum atomic E-state index is -3.58. The highest BCUT2D eigenvalue weighted by molar-refractivity contribution is 7.93. The van der Waals surface area contributed by atoms with Crippen molar-refractivity contribution >= 4 is 9.84 Å². The first-order valence-electron chi connectivity index (χ1n) is 6.82. The van der Waals surface area contributed by atoms with Gasteiger partial charge in [0.05, 0.1) is 10.4 Å². The minimum absolute atomic E-state index is 0.106. The Labute approximate surface area is 119 Å². The third kappa shape index (κ3) is 1.69. The molecule has 1 aliphatic carbocycles. The zero-order chi connectivity index (χ0) is 14.4. The lowest BCUT2D eigenvalue weighted by Gasteiger charge is -2.36. The minimum Gasteiger partial charge on any atom is -0.221 e. The van der Waals surface area contributed by atoms with Gasteiger partial charge in [-0.25, -0.2) is 8.42 Å². The molecule has 0 saturated carbocycles. The molecule has 4 nitrogen and oxygen atoms in total. The highest BCUT2D eigenvalue weighted by Crippen LogP contribution is 2.51. The van der Waals surface area contributed by atoms with Crippen molar-refractivity contribution in [2.75, 3.05) is 0 Å². The predicted octanol–water partition coefficient (Wildman–Crippen LogP) is 3.37. The van der Waals surface area contributed by atoms with Crippen molar-refractivity contribution in [2.45, 2.75) is 42.0 Å². The second-order valence-electron chi connectivity index (χ2n) is 5.95. The molecule has 1 heterocycles. The Hall–Kier alpha value is -1.49. The number of rotatable bonds is 2. The second kappa shape index (κ2) is 4.25. The molecular weight excluding hydrogens is 272 g/mol. The van der Waals surface area contributed by atoms with Crippen LogP contribution < -0.4 is 0 Å². The van der Waals surface area contributed by atoms with Crippen molar-refractivity contribution in [1.82, 2.24) is 0 Å². The molecule has 2 unspecified atom stereocenters. The molecule has 0 N–H and O–H groups in total. The van der Waals surface area contributed by atoms with Gasteiger partial charge in [0.1, 0.15) is 0 Å². The molecule has 20 heavy (non-hydrogen) atoms. The lowest BCUT2D eigenvalue weighted by atomic mass is 9.78. The Kier molecular flexibility index (Phi) is 2.87. The molecule has 3 rings (SSSR count). The quantitative estimate of drug-likeness (QED) is 0.784. The Morgan fingerprint density at radius 2 is 1.85 bits per heavy atom. The van der Waals surface area contributed by atoms with E-state index >= 15 is 0 Å². The van der Waals surface area contributed by atoms with Crippen LogP contribution in [-0.2, 0) is 9.84 Å². The first-order chi connectivity index (χ1) is 9.40. The number of hydrogen-bond donors (Lipinski definition) is 0. The molecular formula is C15H18N2O2S. The van der Waals surface area contributed by atoms with E-state index in [-0.39, 0.29) is 5.92 Å². The zero-order valence-electron chi connectivity index (χ0n) is 11.7. The van der Waals surface area contributed by atoms with Gasteiger partial charge < -0.3 is 0 Å². The van der Waals surface area contributed by atoms with Crippen LogP contribution in [0.15, 0.2) is 57.6 Å². The SMILES string of the molecule is CC1(C)N=NC2(S(=O)(=O)c3ccccc3)C=CCCC12. The number of nitrogens with zero attached hydrogens (tertiary/aromatic N) is 2. The lowest BCUT2D eigenvalue weighted by Crippen LogP contribution is -2.47. The maximum absolute atomic E-state index is 13.1. The van der Waals surface area contributed by atoms with E-state index < -0.39 is 20.2 Å². The van der Waals surface area contributed by atoms with Gasteiger partial charge in [0.2, 0.25) is 14.7 Å². The average Bonchev–Trinajstić information content (AvgIpc) is 2.74. The van der Waals surface area contributed by atoms with Crippen LogP contribution in [-0.4, -0.2) is 18.8 Å². The Morgan fingerprint density at radius 1 is 1.15 bits per heavy atom. The molecule has 1 aromatic rings. The van der Waals surface area contributed by atoms with Crippen LogP contribution in [0.25, 0.3) is 0 Å². The van der Waals surface area contributed by atoms with E-state index in [1.807, 2.05) is 26.0 Å². The monoisotopic (exact) mass is 290 g/mol. The van der Waals surface area contributed by atoms with E-state index in [2.05, 4.69) is 10.2 Å². The molecule has 1 aliphatic heterocycles. The number of benzene rings is 1. The highest BCUT2D eigenvalue weighted by Gasteiger charge is 2.59. The number of azo groups is 1. The van der Waals surface area contributed by atoms with Gasteiger partial charge >= 0.3 is 0 Å². The molecule has 5 heteroatoms. The molecule has 0 aromatic heterocycles. The Bertz CT molecular complexity index is 677. The molecule has 0 bridgehead atoms. The van der Waals surface area contributed by atoms with Crippen LogP contribution in [0.4, 0.5) is 0 Å². The molecule has 2 aliphatic rings. The largest absolute Gasteiger partial charge is 0.221 e. The zero-order valence-corrected chi connectivity index (χ0v) is 12.5. The van der Waals surface area contributed by atoms with Crippen molar-refractivity contribution in [2.24, 2.45) is 16.1 Å². The number of fused-ring (bicyclic) bond motifs is 1. The van der Waals surface area contributed by atoms with Crippen LogP contribution in [0.3, 0.4) is 0 Å². The van der Waals surface area contributed by atoms with Crippen LogP contribution >= 0.6 is 0 Å². The summed E-state index contributed by atoms with van der Waals surface area (Å²) in [6.45, 7) is 3.92. The summed E-state index contributed by atoms with van der Waals surface area (Å²) in [4.78, 5) is -0.913. The maximum Gasteiger partial charge on any atom is 0.210 e. The smallest absolute Gasteiger partial charge is 0.210 e. The van der Waals surface area contributed by atoms with E-state index in [0.29, 0.717) is 4.90 Å². The van der Waals surface area contributed by atoms with Gasteiger partial charge in [0.15, 0.2) is 0 Å². The standard InChI is InChI=1S/C15H18N2O2S/c1-14(2)13-10-6-7-11-15(13,17-16-14)20(18,19)12-8-4-3-5-9-12/h3-5,7-9,11,13H,6,10H2,1-2H3. The van der Waals surface area contributed by atoms with Crippen molar-refractivity contribution in [3.8, 4) is 0 Å². The fourth-order valence-electron chi connectivity index (χ4n) is 3.20. The summed E-state index contributed by atoms with van der Waals surface area (Å²) in [5.74, 6) is -0.106. The molecule has 2 atom stereocenters. The normalized spacial score (nSPS) is 31.2. The summed E-state index contributed by atoms with van der Waals surface area (Å²) in [6, 6.07) is 8.55. The first-order valence-corrected chi connectivity index (χ1v) is 8.30. The summed E-state index contributed by atoms with van der Waals surface area (Å²) in [7, 11) is -3.58. The van der Waals surface area contributed by atoms with Gasteiger partial charge in [-0.1, -0.05) is 24.3 Å². The number of sulfone groups is 1. The van der Waals surface area contributed by atoms with Gasteiger partial charge in [0.25, 0.3) is 0 Å². The highest BCUT2D eigenvalue weighted by atomic mass is 32.2. The van der Waals surface area contributed by atoms with E-state index in [1.54, 1.807) is 30.3 Å². The third-order valence-corrected chi connectivity index (χ3v) is 6.53. The van der Waals surface area contributed by atoms with E-state index in [4.69, 9.17) is 0 Å². The third-order valence-electron chi connectivity index (χ3n) is 4.28. The Morgan fingerprint density at radius 3 is 2.55 bits per heavy atom. The molecule has 0 fully saturated rings. The lowest BCUT2D eigenvalue weighted by molar-refractivity contribution is 0.297. The summed E-state index contributed by atoms with van der Waals surface area (Å²) < 4.78 is 26.1. The summed E-state index contributed by atoms with van der Waals surface area (Å²) in [6.07, 6.45) is 5.33. The van der Waals surface area contributed by atoms with Gasteiger partial charge in [0, 0.05) is 5.92 Å². The first kappa shape index (κ1) is 13.5. The van der Waals surface area contributed by atoms with Crippen LogP contribution in [0.5, 0.6) is 0 Å². The van der Waals surface area contributed by atoms with Crippen LogP contribution in [0.1, 0.15) is 26.7 Å². The summed E-state index contributed by atoms with van der Waals surface area (Å²) in [5, 5.41) is 8.51. The van der Waals surface area contributed by atoms with Crippen LogP contribution in [0, 0.1) is 5.92 Å². The number of hydrogen-bond acceptors (Lipinski definition) is 4. The topological polar surface area (TPSA) is 58.9 Å². The summed E-state index contributed by atoms with van der Waals surface area (Å²) in [5.41, 5.74) is -0.438. The Balaban J connectivity index is 2.19. The van der Waals surface area contributed by atoms with Gasteiger partial charge in [-0.2, -0.15) is 10.2 Å². The molecule has 1 aromatic carbocycles. The van der Waals surface area contributed by atoms with Crippen molar-refractivity contribution in [3.63, 3.8) is 0 Å². The van der Waals surface area contributed by atoms with Gasteiger partial charge in [-0.3, -0.25) is 0 Å². The number of allylic oxidation sites excluding steroid dienone is 1. The summed E-state index contributed by atoms with van der Waals surface area (Å²) >= 11 is 0. The van der Waals surface area contributed by atoms with Gasteiger partial charge in [-0.05, 0) is 44.9 Å². The van der Waals surface area contributed by atoms with E-state index in [9.17, 15) is 8.42 Å². The maximum atomic E-state index is 13.1. The fourth-order valence-corrected chi connectivity index (χ4v) is 5.29. The van der Waals surface area contributed by atoms with Crippen LogP contribution in [0.2, 0.25) is 0 Å². The van der Waals surface area contributed by atoms with Crippen molar-refractivity contribution in [1.29, 1.82) is 0 Å².